The van der Waals surface area contributed by atoms with E-state index in [1.165, 1.54) is 10.6 Å². The van der Waals surface area contributed by atoms with E-state index in [-0.39, 0.29) is 11.1 Å². The summed E-state index contributed by atoms with van der Waals surface area (Å²) >= 11 is 0. The first-order valence-corrected chi connectivity index (χ1v) is 5.41. The Hall–Kier alpha value is -2.41. The second-order valence-electron chi connectivity index (χ2n) is 4.07. The minimum atomic E-state index is -0.439. The molecule has 0 N–H and O–H groups in total. The largest absolute Gasteiger partial charge is 0.317 e. The molecular weight excluding hydrogens is 231 g/mol. The quantitative estimate of drug-likeness (QED) is 0.770. The Morgan fingerprint density at radius 2 is 2.00 bits per heavy atom. The maximum Gasteiger partial charge on any atom is 0.268 e. The zero-order valence-electron chi connectivity index (χ0n) is 10.1. The Labute approximate surface area is 104 Å². The molecule has 0 atom stereocenters. The van der Waals surface area contributed by atoms with Gasteiger partial charge in [0.15, 0.2) is 0 Å². The van der Waals surface area contributed by atoms with Gasteiger partial charge in [0.1, 0.15) is 17.4 Å². The van der Waals surface area contributed by atoms with E-state index in [0.29, 0.717) is 11.1 Å². The van der Waals surface area contributed by atoms with Gasteiger partial charge in [0, 0.05) is 24.4 Å². The lowest BCUT2D eigenvalue weighted by Crippen LogP contribution is -2.21. The van der Waals surface area contributed by atoms with E-state index >= 15 is 0 Å². The molecular formula is C14H11FN2O. The van der Waals surface area contributed by atoms with Crippen LogP contribution in [0.3, 0.4) is 0 Å². The van der Waals surface area contributed by atoms with Crippen molar-refractivity contribution in [2.75, 3.05) is 0 Å². The number of aromatic nitrogens is 1. The predicted octanol–water partition coefficient (Wildman–Crippen LogP) is 2.37. The first-order valence-electron chi connectivity index (χ1n) is 5.41. The highest BCUT2D eigenvalue weighted by molar-refractivity contribution is 5.73. The average molecular weight is 242 g/mol. The molecule has 0 aliphatic heterocycles. The fourth-order valence-electron chi connectivity index (χ4n) is 2.01. The van der Waals surface area contributed by atoms with Crippen LogP contribution in [-0.4, -0.2) is 4.57 Å². The van der Waals surface area contributed by atoms with Gasteiger partial charge in [-0.15, -0.1) is 0 Å². The number of hydrogen-bond donors (Lipinski definition) is 0. The smallest absolute Gasteiger partial charge is 0.268 e. The summed E-state index contributed by atoms with van der Waals surface area (Å²) in [5.41, 5.74) is 0.908. The van der Waals surface area contributed by atoms with Crippen molar-refractivity contribution >= 4 is 0 Å². The normalized spacial score (nSPS) is 10.1. The number of hydrogen-bond acceptors (Lipinski definition) is 2. The van der Waals surface area contributed by atoms with Gasteiger partial charge in [-0.2, -0.15) is 5.26 Å². The van der Waals surface area contributed by atoms with Crippen LogP contribution in [0.1, 0.15) is 11.1 Å². The van der Waals surface area contributed by atoms with Crippen molar-refractivity contribution < 1.29 is 4.39 Å². The topological polar surface area (TPSA) is 45.8 Å². The fraction of sp³-hybridized carbons (Fsp3) is 0.143. The van der Waals surface area contributed by atoms with Crippen molar-refractivity contribution in [3.05, 3.63) is 57.8 Å². The lowest BCUT2D eigenvalue weighted by atomic mass is 9.97. The summed E-state index contributed by atoms with van der Waals surface area (Å²) in [7, 11) is 1.57. The van der Waals surface area contributed by atoms with Crippen molar-refractivity contribution in [3.8, 4) is 17.2 Å². The highest BCUT2D eigenvalue weighted by Gasteiger charge is 2.16. The summed E-state index contributed by atoms with van der Waals surface area (Å²) < 4.78 is 15.1. The van der Waals surface area contributed by atoms with Gasteiger partial charge in [-0.05, 0) is 18.6 Å². The van der Waals surface area contributed by atoms with Gasteiger partial charge in [0.25, 0.3) is 5.56 Å². The Morgan fingerprint density at radius 3 is 2.61 bits per heavy atom. The Balaban J connectivity index is 2.89. The number of rotatable bonds is 1. The second kappa shape index (κ2) is 4.46. The third-order valence-electron chi connectivity index (χ3n) is 2.82. The summed E-state index contributed by atoms with van der Waals surface area (Å²) in [6, 6.07) is 8.00. The third kappa shape index (κ3) is 1.80. The van der Waals surface area contributed by atoms with Gasteiger partial charge in [-0.1, -0.05) is 18.2 Å². The van der Waals surface area contributed by atoms with Crippen molar-refractivity contribution in [1.82, 2.24) is 4.57 Å². The first-order chi connectivity index (χ1) is 8.56. The maximum atomic E-state index is 13.8. The number of benzene rings is 1. The van der Waals surface area contributed by atoms with Crippen LogP contribution < -0.4 is 5.56 Å². The molecule has 0 unspecified atom stereocenters. The van der Waals surface area contributed by atoms with Crippen LogP contribution in [0.15, 0.2) is 35.3 Å². The third-order valence-corrected chi connectivity index (χ3v) is 2.82. The molecule has 1 aromatic carbocycles. The van der Waals surface area contributed by atoms with Crippen molar-refractivity contribution in [2.45, 2.75) is 6.92 Å². The number of halogens is 1. The van der Waals surface area contributed by atoms with E-state index in [4.69, 9.17) is 5.26 Å². The first kappa shape index (κ1) is 12.1. The van der Waals surface area contributed by atoms with E-state index in [0.717, 1.165) is 0 Å². The van der Waals surface area contributed by atoms with Crippen LogP contribution in [0.4, 0.5) is 4.39 Å². The molecule has 0 aliphatic rings. The van der Waals surface area contributed by atoms with E-state index in [1.54, 1.807) is 38.4 Å². The van der Waals surface area contributed by atoms with Crippen LogP contribution in [0.5, 0.6) is 0 Å². The van der Waals surface area contributed by atoms with E-state index in [2.05, 4.69) is 0 Å². The zero-order valence-corrected chi connectivity index (χ0v) is 10.1. The molecule has 4 heteroatoms. The van der Waals surface area contributed by atoms with Gasteiger partial charge in [0.2, 0.25) is 0 Å². The summed E-state index contributed by atoms with van der Waals surface area (Å²) in [6.45, 7) is 1.75. The summed E-state index contributed by atoms with van der Waals surface area (Å²) in [5, 5.41) is 9.11. The molecule has 90 valence electrons. The summed E-state index contributed by atoms with van der Waals surface area (Å²) in [4.78, 5) is 11.9. The Morgan fingerprint density at radius 1 is 1.33 bits per heavy atom. The molecule has 0 spiro atoms. The standard InChI is InChI=1S/C14H11FN2O/c1-9-8-17(2)14(18)11(7-16)13(9)10-5-3-4-6-12(10)15/h3-6,8H,1-2H3. The van der Waals surface area contributed by atoms with Crippen LogP contribution in [0.2, 0.25) is 0 Å². The molecule has 0 saturated heterocycles. The lowest BCUT2D eigenvalue weighted by molar-refractivity contribution is 0.631. The van der Waals surface area contributed by atoms with Gasteiger partial charge < -0.3 is 4.57 Å². The molecule has 18 heavy (non-hydrogen) atoms. The van der Waals surface area contributed by atoms with Gasteiger partial charge in [-0.25, -0.2) is 4.39 Å². The predicted molar refractivity (Wildman–Crippen MR) is 66.5 cm³/mol. The monoisotopic (exact) mass is 242 g/mol. The molecule has 0 bridgehead atoms. The van der Waals surface area contributed by atoms with Gasteiger partial charge in [-0.3, -0.25) is 4.79 Å². The average Bonchev–Trinajstić information content (AvgIpc) is 2.34. The minimum absolute atomic E-state index is 0.0254. The van der Waals surface area contributed by atoms with E-state index in [9.17, 15) is 9.18 Å². The maximum absolute atomic E-state index is 13.8. The molecule has 1 heterocycles. The van der Waals surface area contributed by atoms with Crippen molar-refractivity contribution in [2.24, 2.45) is 7.05 Å². The molecule has 0 fully saturated rings. The number of nitriles is 1. The molecule has 0 radical (unpaired) electrons. The molecule has 2 aromatic rings. The number of pyridine rings is 1. The second-order valence-corrected chi connectivity index (χ2v) is 4.07. The van der Waals surface area contributed by atoms with Crippen molar-refractivity contribution in [1.29, 1.82) is 5.26 Å². The molecule has 0 amide bonds. The summed E-state index contributed by atoms with van der Waals surface area (Å²) in [6.07, 6.45) is 1.60. The highest BCUT2D eigenvalue weighted by Crippen LogP contribution is 2.27. The van der Waals surface area contributed by atoms with Crippen LogP contribution >= 0.6 is 0 Å². The van der Waals surface area contributed by atoms with Gasteiger partial charge >= 0.3 is 0 Å². The highest BCUT2D eigenvalue weighted by atomic mass is 19.1. The van der Waals surface area contributed by atoms with E-state index < -0.39 is 11.4 Å². The SMILES string of the molecule is Cc1cn(C)c(=O)c(C#N)c1-c1ccccc1F. The number of nitrogens with zero attached hydrogens (tertiary/aromatic N) is 2. The Kier molecular flexibility index (Phi) is 2.99. The Bertz CT molecular complexity index is 711. The minimum Gasteiger partial charge on any atom is -0.317 e. The van der Waals surface area contributed by atoms with Gasteiger partial charge in [0.05, 0.1) is 0 Å². The molecule has 0 saturated carbocycles. The lowest BCUT2D eigenvalue weighted by Gasteiger charge is -2.10. The summed E-state index contributed by atoms with van der Waals surface area (Å²) in [5.74, 6) is -0.439. The fourth-order valence-corrected chi connectivity index (χ4v) is 2.01. The molecule has 3 nitrogen and oxygen atoms in total. The van der Waals surface area contributed by atoms with Crippen molar-refractivity contribution in [3.63, 3.8) is 0 Å². The molecule has 1 aromatic heterocycles. The van der Waals surface area contributed by atoms with E-state index in [1.807, 2.05) is 6.07 Å². The molecule has 2 rings (SSSR count). The van der Waals surface area contributed by atoms with Crippen LogP contribution in [0.25, 0.3) is 11.1 Å². The zero-order chi connectivity index (χ0) is 13.3. The van der Waals surface area contributed by atoms with Crippen LogP contribution in [-0.2, 0) is 7.05 Å². The molecule has 0 aliphatic carbocycles. The number of aryl methyl sites for hydroxylation is 2. The van der Waals surface area contributed by atoms with Crippen LogP contribution in [0, 0.1) is 24.1 Å².